The molecule has 1 rings (SSSR count). The molecule has 0 aliphatic rings. The molecule has 0 saturated carbocycles. The van der Waals surface area contributed by atoms with Crippen molar-refractivity contribution < 1.29 is 0 Å². The Labute approximate surface area is 119 Å². The van der Waals surface area contributed by atoms with Gasteiger partial charge in [-0.25, -0.2) is 0 Å². The topological polar surface area (TPSA) is 12.0 Å². The summed E-state index contributed by atoms with van der Waals surface area (Å²) in [5, 5.41) is 4.21. The minimum absolute atomic E-state index is 0.611. The van der Waals surface area contributed by atoms with Crippen LogP contribution in [-0.2, 0) is 6.54 Å². The molecule has 0 heterocycles. The molecule has 0 spiro atoms. The molecule has 16 heavy (non-hydrogen) atoms. The highest BCUT2D eigenvalue weighted by atomic mass is 79.9. The monoisotopic (exact) mass is 367 g/mol. The average molecular weight is 370 g/mol. The maximum absolute atomic E-state index is 6.12. The van der Waals surface area contributed by atoms with Crippen molar-refractivity contribution in [3.8, 4) is 0 Å². The van der Waals surface area contributed by atoms with E-state index in [-0.39, 0.29) is 0 Å². The van der Waals surface area contributed by atoms with Crippen LogP contribution in [0.25, 0.3) is 0 Å². The van der Waals surface area contributed by atoms with E-state index >= 15 is 0 Å². The Hall–Kier alpha value is 0.430. The lowest BCUT2D eigenvalue weighted by Gasteiger charge is -2.09. The van der Waals surface area contributed by atoms with E-state index in [1.807, 2.05) is 18.2 Å². The quantitative estimate of drug-likeness (QED) is 0.563. The molecule has 0 amide bonds. The molecule has 1 aromatic carbocycles. The van der Waals surface area contributed by atoms with Crippen LogP contribution in [-0.4, -0.2) is 11.4 Å². The molecular weight excluding hydrogens is 353 g/mol. The van der Waals surface area contributed by atoms with E-state index in [2.05, 4.69) is 44.1 Å². The number of benzene rings is 1. The zero-order valence-corrected chi connectivity index (χ0v) is 13.2. The summed E-state index contributed by atoms with van der Waals surface area (Å²) < 4.78 is 1.02. The zero-order valence-electron chi connectivity index (χ0n) is 9.27. The van der Waals surface area contributed by atoms with Crippen LogP contribution in [0, 0.1) is 0 Å². The van der Waals surface area contributed by atoms with Gasteiger partial charge in [0.1, 0.15) is 0 Å². The highest BCUT2D eigenvalue weighted by Gasteiger charge is 2.02. The van der Waals surface area contributed by atoms with Crippen LogP contribution in [0.15, 0.2) is 22.7 Å². The van der Waals surface area contributed by atoms with Gasteiger partial charge in [-0.1, -0.05) is 56.5 Å². The lowest BCUT2D eigenvalue weighted by Crippen LogP contribution is -2.17. The van der Waals surface area contributed by atoms with E-state index in [1.54, 1.807) is 0 Å². The number of hydrogen-bond acceptors (Lipinski definition) is 1. The molecule has 1 aromatic rings. The molecule has 1 atom stereocenters. The molecule has 0 fully saturated rings. The van der Waals surface area contributed by atoms with Crippen molar-refractivity contribution in [1.29, 1.82) is 0 Å². The summed E-state index contributed by atoms with van der Waals surface area (Å²) in [6, 6.07) is 5.99. The molecule has 0 bridgehead atoms. The second kappa shape index (κ2) is 7.70. The lowest BCUT2D eigenvalue weighted by atomic mass is 10.2. The van der Waals surface area contributed by atoms with Crippen molar-refractivity contribution in [2.45, 2.75) is 31.1 Å². The van der Waals surface area contributed by atoms with Crippen LogP contribution in [0.2, 0.25) is 5.02 Å². The van der Waals surface area contributed by atoms with Crippen molar-refractivity contribution in [2.24, 2.45) is 0 Å². The number of halogens is 3. The summed E-state index contributed by atoms with van der Waals surface area (Å²) in [5.41, 5.74) is 1.15. The summed E-state index contributed by atoms with van der Waals surface area (Å²) in [6.07, 6.45) is 2.31. The van der Waals surface area contributed by atoms with Gasteiger partial charge in [0.2, 0.25) is 0 Å². The summed E-state index contributed by atoms with van der Waals surface area (Å²) in [7, 11) is 0. The van der Waals surface area contributed by atoms with Crippen molar-refractivity contribution in [3.63, 3.8) is 0 Å². The van der Waals surface area contributed by atoms with Crippen molar-refractivity contribution in [2.75, 3.05) is 6.54 Å². The molecule has 90 valence electrons. The smallest absolute Gasteiger partial charge is 0.0462 e. The highest BCUT2D eigenvalue weighted by Crippen LogP contribution is 2.21. The fourth-order valence-corrected chi connectivity index (χ4v) is 2.32. The van der Waals surface area contributed by atoms with E-state index in [1.165, 1.54) is 6.42 Å². The van der Waals surface area contributed by atoms with Crippen LogP contribution in [0.5, 0.6) is 0 Å². The largest absolute Gasteiger partial charge is 0.313 e. The Morgan fingerprint density at radius 3 is 2.81 bits per heavy atom. The van der Waals surface area contributed by atoms with Crippen LogP contribution in [0.3, 0.4) is 0 Å². The summed E-state index contributed by atoms with van der Waals surface area (Å²) in [4.78, 5) is 0.611. The SMILES string of the molecule is CCC(Br)CCNCc1ccc(Br)cc1Cl. The second-order valence-electron chi connectivity index (χ2n) is 3.71. The maximum atomic E-state index is 6.12. The first-order valence-electron chi connectivity index (χ1n) is 5.42. The van der Waals surface area contributed by atoms with E-state index in [0.717, 1.165) is 34.6 Å². The van der Waals surface area contributed by atoms with E-state index in [9.17, 15) is 0 Å². The first-order chi connectivity index (χ1) is 7.63. The summed E-state index contributed by atoms with van der Waals surface area (Å²) >= 11 is 13.1. The molecule has 1 nitrogen and oxygen atoms in total. The molecule has 0 aromatic heterocycles. The fourth-order valence-electron chi connectivity index (χ4n) is 1.35. The molecule has 4 heteroatoms. The lowest BCUT2D eigenvalue weighted by molar-refractivity contribution is 0.630. The van der Waals surface area contributed by atoms with Crippen molar-refractivity contribution in [3.05, 3.63) is 33.3 Å². The third kappa shape index (κ3) is 5.17. The maximum Gasteiger partial charge on any atom is 0.0462 e. The van der Waals surface area contributed by atoms with Gasteiger partial charge in [-0.15, -0.1) is 0 Å². The van der Waals surface area contributed by atoms with Gasteiger partial charge in [-0.05, 0) is 37.1 Å². The molecule has 0 aliphatic heterocycles. The van der Waals surface area contributed by atoms with E-state index in [0.29, 0.717) is 4.83 Å². The van der Waals surface area contributed by atoms with Crippen LogP contribution >= 0.6 is 43.5 Å². The first-order valence-corrected chi connectivity index (χ1v) is 7.51. The Morgan fingerprint density at radius 1 is 1.44 bits per heavy atom. The normalized spacial score (nSPS) is 12.8. The third-order valence-corrected chi connectivity index (χ3v) is 4.36. The number of rotatable bonds is 6. The van der Waals surface area contributed by atoms with Crippen LogP contribution in [0.4, 0.5) is 0 Å². The summed E-state index contributed by atoms with van der Waals surface area (Å²) in [5.74, 6) is 0. The fraction of sp³-hybridized carbons (Fsp3) is 0.500. The van der Waals surface area contributed by atoms with Crippen LogP contribution < -0.4 is 5.32 Å². The zero-order chi connectivity index (χ0) is 12.0. The molecule has 1 unspecified atom stereocenters. The summed E-state index contributed by atoms with van der Waals surface area (Å²) in [6.45, 7) is 4.02. The third-order valence-electron chi connectivity index (χ3n) is 2.41. The predicted octanol–water partition coefficient (Wildman–Crippen LogP) is 4.76. The Kier molecular flexibility index (Phi) is 6.97. The molecular formula is C12H16Br2ClN. The number of nitrogens with one attached hydrogen (secondary N) is 1. The standard InChI is InChI=1S/C12H16Br2ClN/c1-2-10(13)5-6-16-8-9-3-4-11(14)7-12(9)15/h3-4,7,10,16H,2,5-6,8H2,1H3. The second-order valence-corrected chi connectivity index (χ2v) is 6.32. The van der Waals surface area contributed by atoms with Gasteiger partial charge < -0.3 is 5.32 Å². The van der Waals surface area contributed by atoms with Crippen molar-refractivity contribution >= 4 is 43.5 Å². The Morgan fingerprint density at radius 2 is 2.19 bits per heavy atom. The van der Waals surface area contributed by atoms with Gasteiger partial charge in [0, 0.05) is 20.9 Å². The highest BCUT2D eigenvalue weighted by molar-refractivity contribution is 9.10. The molecule has 0 radical (unpaired) electrons. The van der Waals surface area contributed by atoms with E-state index in [4.69, 9.17) is 11.6 Å². The molecule has 1 N–H and O–H groups in total. The van der Waals surface area contributed by atoms with Gasteiger partial charge in [-0.2, -0.15) is 0 Å². The van der Waals surface area contributed by atoms with Gasteiger partial charge in [0.15, 0.2) is 0 Å². The Balaban J connectivity index is 2.32. The minimum atomic E-state index is 0.611. The van der Waals surface area contributed by atoms with Gasteiger partial charge in [-0.3, -0.25) is 0 Å². The number of hydrogen-bond donors (Lipinski definition) is 1. The number of alkyl halides is 1. The van der Waals surface area contributed by atoms with Crippen molar-refractivity contribution in [1.82, 2.24) is 5.32 Å². The minimum Gasteiger partial charge on any atom is -0.313 e. The van der Waals surface area contributed by atoms with Crippen LogP contribution in [0.1, 0.15) is 25.3 Å². The Bertz CT molecular complexity index is 331. The predicted molar refractivity (Wildman–Crippen MR) is 78.5 cm³/mol. The van der Waals surface area contributed by atoms with Gasteiger partial charge in [0.05, 0.1) is 0 Å². The van der Waals surface area contributed by atoms with Gasteiger partial charge in [0.25, 0.3) is 0 Å². The molecule has 0 saturated heterocycles. The average Bonchev–Trinajstić information content (AvgIpc) is 2.26. The van der Waals surface area contributed by atoms with Gasteiger partial charge >= 0.3 is 0 Å². The first kappa shape index (κ1) is 14.5. The van der Waals surface area contributed by atoms with E-state index < -0.39 is 0 Å². The molecule has 0 aliphatic carbocycles.